The largest absolute Gasteiger partial charge is 0.395 e. The average Bonchev–Trinajstić information content (AvgIpc) is 3.16. The number of nitrogens with zero attached hydrogens (tertiary/aromatic N) is 6. The first kappa shape index (κ1) is 21.9. The third-order valence-electron chi connectivity index (χ3n) is 5.64. The van der Waals surface area contributed by atoms with Gasteiger partial charge in [-0.15, -0.1) is 0 Å². The number of hydrogen-bond acceptors (Lipinski definition) is 8. The molecule has 0 unspecified atom stereocenters. The number of piperazine rings is 1. The molecule has 0 saturated carbocycles. The molecular weight excluding hydrogens is 402 g/mol. The van der Waals surface area contributed by atoms with Crippen LogP contribution in [0.3, 0.4) is 0 Å². The molecule has 4 rings (SSSR count). The summed E-state index contributed by atoms with van der Waals surface area (Å²) in [7, 11) is 0. The second-order valence-electron chi connectivity index (χ2n) is 7.90. The highest BCUT2D eigenvalue weighted by atomic mass is 16.3. The van der Waals surface area contributed by atoms with E-state index in [1.165, 1.54) is 5.56 Å². The normalized spacial score (nSPS) is 19.3. The number of aryl methyl sites for hydroxylation is 2. The number of hydrogen-bond donors (Lipinski definition) is 2. The molecule has 2 aliphatic heterocycles. The smallest absolute Gasteiger partial charge is 0.158 e. The van der Waals surface area contributed by atoms with Crippen molar-refractivity contribution in [2.75, 3.05) is 44.2 Å². The van der Waals surface area contributed by atoms with Crippen LogP contribution in [0.15, 0.2) is 58.3 Å². The lowest BCUT2D eigenvalue weighted by atomic mass is 10.1. The zero-order valence-electron chi connectivity index (χ0n) is 18.6. The molecule has 0 atom stereocenters. The summed E-state index contributed by atoms with van der Waals surface area (Å²) in [6, 6.07) is 10.2. The molecule has 8 heteroatoms. The van der Waals surface area contributed by atoms with Gasteiger partial charge in [-0.1, -0.05) is 24.3 Å². The molecule has 3 heterocycles. The molecule has 8 nitrogen and oxygen atoms in total. The highest BCUT2D eigenvalue weighted by Crippen LogP contribution is 2.26. The predicted molar refractivity (Wildman–Crippen MR) is 130 cm³/mol. The summed E-state index contributed by atoms with van der Waals surface area (Å²) in [5.74, 6) is 2.17. The molecule has 0 radical (unpaired) electrons. The summed E-state index contributed by atoms with van der Waals surface area (Å²) >= 11 is 0. The Morgan fingerprint density at radius 1 is 1.16 bits per heavy atom. The van der Waals surface area contributed by atoms with Crippen molar-refractivity contribution in [1.82, 2.24) is 20.2 Å². The van der Waals surface area contributed by atoms with Crippen molar-refractivity contribution >= 4 is 29.8 Å². The first-order chi connectivity index (χ1) is 15.6. The molecule has 1 saturated heterocycles. The number of β-amino-alcohol motifs (C(OH)–C–C–N with tert-alkyl or cyclic N) is 1. The minimum absolute atomic E-state index is 0.190. The SMILES string of the molecule is C=N/C=C1/NC(c2ccccc2C)=CC1=Nc1cc(N2CCN(CCO)CC2)nc(C)n1. The summed E-state index contributed by atoms with van der Waals surface area (Å²) in [6.07, 6.45) is 3.69. The van der Waals surface area contributed by atoms with Gasteiger partial charge in [0.05, 0.1) is 24.2 Å². The van der Waals surface area contributed by atoms with Gasteiger partial charge in [0.15, 0.2) is 5.82 Å². The minimum atomic E-state index is 0.190. The molecule has 1 aromatic carbocycles. The lowest BCUT2D eigenvalue weighted by Gasteiger charge is -2.35. The van der Waals surface area contributed by atoms with E-state index in [0.717, 1.165) is 54.7 Å². The molecule has 2 aliphatic rings. The number of aliphatic hydroxyl groups is 1. The van der Waals surface area contributed by atoms with Crippen molar-refractivity contribution < 1.29 is 5.11 Å². The summed E-state index contributed by atoms with van der Waals surface area (Å²) in [4.78, 5) is 22.4. The van der Waals surface area contributed by atoms with E-state index in [-0.39, 0.29) is 6.61 Å². The highest BCUT2D eigenvalue weighted by Gasteiger charge is 2.21. The van der Waals surface area contributed by atoms with Crippen LogP contribution < -0.4 is 10.2 Å². The van der Waals surface area contributed by atoms with Gasteiger partial charge in [0.25, 0.3) is 0 Å². The van der Waals surface area contributed by atoms with Crippen LogP contribution in [0.4, 0.5) is 11.6 Å². The van der Waals surface area contributed by atoms with Crippen LogP contribution >= 0.6 is 0 Å². The van der Waals surface area contributed by atoms with Crippen molar-refractivity contribution in [2.24, 2.45) is 9.98 Å². The van der Waals surface area contributed by atoms with Gasteiger partial charge >= 0.3 is 0 Å². The monoisotopic (exact) mass is 431 g/mol. The van der Waals surface area contributed by atoms with Crippen molar-refractivity contribution in [3.8, 4) is 0 Å². The van der Waals surface area contributed by atoms with Gasteiger partial charge in [0, 0.05) is 50.1 Å². The van der Waals surface area contributed by atoms with E-state index < -0.39 is 0 Å². The van der Waals surface area contributed by atoms with E-state index >= 15 is 0 Å². The average molecular weight is 432 g/mol. The molecular formula is C24H29N7O. The molecule has 1 fully saturated rings. The van der Waals surface area contributed by atoms with Crippen molar-refractivity contribution in [3.05, 3.63) is 65.3 Å². The molecule has 0 amide bonds. The van der Waals surface area contributed by atoms with Crippen LogP contribution in [0, 0.1) is 13.8 Å². The lowest BCUT2D eigenvalue weighted by molar-refractivity contribution is 0.188. The number of aliphatic imine (C=N–C) groups is 2. The standard InChI is InChI=1S/C24H29N7O/c1-17-6-4-5-7-19(17)20-14-21(22(28-20)16-25-3)29-23-15-24(27-18(2)26-23)31-10-8-30(9-11-31)12-13-32/h4-7,14-16,28,32H,3,8-13H2,1-2H3/b22-16+,29-21?. The molecule has 166 valence electrons. The Morgan fingerprint density at radius 2 is 1.94 bits per heavy atom. The van der Waals surface area contributed by atoms with Crippen molar-refractivity contribution in [2.45, 2.75) is 13.8 Å². The first-order valence-electron chi connectivity index (χ1n) is 10.8. The second kappa shape index (κ2) is 9.84. The number of anilines is 1. The fourth-order valence-electron chi connectivity index (χ4n) is 3.98. The highest BCUT2D eigenvalue weighted by molar-refractivity contribution is 6.17. The maximum atomic E-state index is 9.16. The predicted octanol–water partition coefficient (Wildman–Crippen LogP) is 2.47. The Morgan fingerprint density at radius 3 is 2.66 bits per heavy atom. The number of aromatic nitrogens is 2. The van der Waals surface area contributed by atoms with Crippen LogP contribution in [-0.4, -0.2) is 71.7 Å². The van der Waals surface area contributed by atoms with Gasteiger partial charge in [-0.3, -0.25) is 9.89 Å². The van der Waals surface area contributed by atoms with Crippen LogP contribution in [0.25, 0.3) is 5.70 Å². The molecule has 0 aliphatic carbocycles. The third-order valence-corrected chi connectivity index (χ3v) is 5.64. The summed E-state index contributed by atoms with van der Waals surface area (Å²) in [6.45, 7) is 12.0. The van der Waals surface area contributed by atoms with E-state index in [4.69, 9.17) is 10.1 Å². The maximum Gasteiger partial charge on any atom is 0.158 e. The second-order valence-corrected chi connectivity index (χ2v) is 7.90. The fraction of sp³-hybridized carbons (Fsp3) is 0.333. The molecule has 2 aromatic rings. The van der Waals surface area contributed by atoms with Crippen molar-refractivity contribution in [3.63, 3.8) is 0 Å². The number of allylic oxidation sites excluding steroid dienone is 1. The Labute approximate surface area is 188 Å². The number of rotatable bonds is 6. The first-order valence-corrected chi connectivity index (χ1v) is 10.8. The van der Waals surface area contributed by atoms with E-state index in [1.807, 2.05) is 31.2 Å². The Kier molecular flexibility index (Phi) is 6.72. The van der Waals surface area contributed by atoms with E-state index in [9.17, 15) is 0 Å². The topological polar surface area (TPSA) is 89.2 Å². The van der Waals surface area contributed by atoms with Gasteiger partial charge in [-0.2, -0.15) is 0 Å². The zero-order valence-corrected chi connectivity index (χ0v) is 18.6. The van der Waals surface area contributed by atoms with Gasteiger partial charge in [-0.25, -0.2) is 15.0 Å². The van der Waals surface area contributed by atoms with Crippen molar-refractivity contribution in [1.29, 1.82) is 0 Å². The summed E-state index contributed by atoms with van der Waals surface area (Å²) < 4.78 is 0. The number of benzene rings is 1. The van der Waals surface area contributed by atoms with E-state index in [1.54, 1.807) is 6.20 Å². The van der Waals surface area contributed by atoms with Gasteiger partial charge in [0.1, 0.15) is 11.6 Å². The molecule has 0 bridgehead atoms. The molecule has 1 aromatic heterocycles. The number of aliphatic hydroxyl groups excluding tert-OH is 1. The third kappa shape index (κ3) is 4.92. The summed E-state index contributed by atoms with van der Waals surface area (Å²) in [5, 5.41) is 12.6. The quantitative estimate of drug-likeness (QED) is 0.683. The maximum absolute atomic E-state index is 9.16. The summed E-state index contributed by atoms with van der Waals surface area (Å²) in [5.41, 5.74) is 4.82. The Bertz CT molecular complexity index is 1080. The lowest BCUT2D eigenvalue weighted by Crippen LogP contribution is -2.47. The fourth-order valence-corrected chi connectivity index (χ4v) is 3.98. The van der Waals surface area contributed by atoms with E-state index in [0.29, 0.717) is 18.2 Å². The number of nitrogens with one attached hydrogen (secondary N) is 1. The van der Waals surface area contributed by atoms with E-state index in [2.05, 4.69) is 55.9 Å². The van der Waals surface area contributed by atoms with Gasteiger partial charge < -0.3 is 15.3 Å². The van der Waals surface area contributed by atoms with Gasteiger partial charge in [0.2, 0.25) is 0 Å². The zero-order chi connectivity index (χ0) is 22.5. The van der Waals surface area contributed by atoms with Gasteiger partial charge in [-0.05, 0) is 32.2 Å². The van der Waals surface area contributed by atoms with Crippen LogP contribution in [-0.2, 0) is 0 Å². The Balaban J connectivity index is 1.62. The minimum Gasteiger partial charge on any atom is -0.395 e. The molecule has 0 spiro atoms. The van der Waals surface area contributed by atoms with Crippen LogP contribution in [0.1, 0.15) is 17.0 Å². The molecule has 32 heavy (non-hydrogen) atoms. The van der Waals surface area contributed by atoms with Crippen LogP contribution in [0.5, 0.6) is 0 Å². The molecule has 2 N–H and O–H groups in total. The Hall–Kier alpha value is -3.36. The van der Waals surface area contributed by atoms with Crippen LogP contribution in [0.2, 0.25) is 0 Å².